The number of nitriles is 1. The number of amides is 1. The van der Waals surface area contributed by atoms with Gasteiger partial charge in [-0.15, -0.1) is 0 Å². The number of nitrogens with zero attached hydrogens (tertiary/aromatic N) is 7. The van der Waals surface area contributed by atoms with Crippen LogP contribution in [0.2, 0.25) is 5.02 Å². The van der Waals surface area contributed by atoms with Crippen molar-refractivity contribution in [1.29, 1.82) is 5.26 Å². The minimum absolute atomic E-state index is 0.0106. The fourth-order valence-corrected chi connectivity index (χ4v) is 6.97. The van der Waals surface area contributed by atoms with Gasteiger partial charge in [0.15, 0.2) is 5.52 Å². The molecular formula is C37H45ClF3N7O4. The third kappa shape index (κ3) is 7.71. The van der Waals surface area contributed by atoms with Crippen LogP contribution in [0.25, 0.3) is 27.6 Å². The predicted octanol–water partition coefficient (Wildman–Crippen LogP) is 8.07. The van der Waals surface area contributed by atoms with Crippen molar-refractivity contribution >= 4 is 39.6 Å². The van der Waals surface area contributed by atoms with Crippen molar-refractivity contribution in [1.82, 2.24) is 28.9 Å². The van der Waals surface area contributed by atoms with Gasteiger partial charge in [-0.2, -0.15) is 18.4 Å². The number of benzene rings is 1. The van der Waals surface area contributed by atoms with Gasteiger partial charge in [0, 0.05) is 35.1 Å². The van der Waals surface area contributed by atoms with E-state index in [0.29, 0.717) is 23.0 Å². The van der Waals surface area contributed by atoms with Crippen molar-refractivity contribution < 1.29 is 27.4 Å². The third-order valence-electron chi connectivity index (χ3n) is 9.70. The fraction of sp³-hybridized carbons (Fsp3) is 0.541. The number of pyridine rings is 2. The molecule has 4 heterocycles. The van der Waals surface area contributed by atoms with Crippen LogP contribution in [0.3, 0.4) is 0 Å². The molecule has 0 bridgehead atoms. The first-order chi connectivity index (χ1) is 24.4. The molecule has 1 aromatic carbocycles. The van der Waals surface area contributed by atoms with Gasteiger partial charge in [-0.05, 0) is 98.2 Å². The molecule has 0 spiro atoms. The van der Waals surface area contributed by atoms with Crippen molar-refractivity contribution in [2.45, 2.75) is 110 Å². The Kier molecular flexibility index (Phi) is 11.2. The van der Waals surface area contributed by atoms with Crippen LogP contribution in [-0.4, -0.2) is 78.9 Å². The Hall–Kier alpha value is -4.35. The third-order valence-corrected chi connectivity index (χ3v) is 10.1. The quantitative estimate of drug-likeness (QED) is 0.169. The number of likely N-dealkylation sites (N-methyl/N-ethyl adjacent to an activating group) is 1. The second-order valence-corrected chi connectivity index (χ2v) is 14.9. The van der Waals surface area contributed by atoms with Gasteiger partial charge in [0.1, 0.15) is 22.9 Å². The van der Waals surface area contributed by atoms with E-state index in [1.807, 2.05) is 20.9 Å². The number of imidazole rings is 1. The zero-order valence-electron chi connectivity index (χ0n) is 30.7. The van der Waals surface area contributed by atoms with Crippen LogP contribution in [-0.2, 0) is 10.9 Å². The van der Waals surface area contributed by atoms with Crippen LogP contribution in [0, 0.1) is 18.3 Å². The maximum absolute atomic E-state index is 15.0. The molecule has 15 heteroatoms. The van der Waals surface area contributed by atoms with Crippen molar-refractivity contribution in [3.8, 4) is 17.6 Å². The second-order valence-electron chi connectivity index (χ2n) is 14.5. The molecule has 52 heavy (non-hydrogen) atoms. The molecule has 0 aliphatic carbocycles. The molecule has 3 aromatic heterocycles. The molecule has 280 valence electrons. The number of aromatic nitrogens is 4. The number of hydrogen-bond acceptors (Lipinski definition) is 8. The highest BCUT2D eigenvalue weighted by atomic mass is 35.5. The lowest BCUT2D eigenvalue weighted by Gasteiger charge is -2.39. The Labute approximate surface area is 305 Å². The summed E-state index contributed by atoms with van der Waals surface area (Å²) in [6, 6.07) is 6.49. The highest BCUT2D eigenvalue weighted by Gasteiger charge is 2.39. The molecule has 1 amide bonds. The number of halogens is 4. The summed E-state index contributed by atoms with van der Waals surface area (Å²) in [6.07, 6.45) is -2.83. The molecule has 1 fully saturated rings. The highest BCUT2D eigenvalue weighted by Crippen LogP contribution is 2.40. The molecule has 1 aliphatic heterocycles. The lowest BCUT2D eigenvalue weighted by atomic mass is 9.95. The molecule has 4 aromatic rings. The average Bonchev–Trinajstić information content (AvgIpc) is 3.51. The van der Waals surface area contributed by atoms with Crippen molar-refractivity contribution in [3.05, 3.63) is 57.2 Å². The van der Waals surface area contributed by atoms with E-state index < -0.39 is 47.3 Å². The van der Waals surface area contributed by atoms with E-state index in [1.54, 1.807) is 32.3 Å². The van der Waals surface area contributed by atoms with Crippen LogP contribution in [0.4, 0.5) is 18.0 Å². The molecule has 5 rings (SSSR count). The standard InChI is InChI=1S/C37H45ClF3N7O4/c1-9-16-45(8)22(3)23(4)51-33-31-32(47(20-43-31)25-14-17-46(24(18-25)13-15-42)35(50)52-36(5,6)7)26-19-29(37(39,40)41)48(34(49)30(26)44-33)28-12-10-11-27(38)21(28)2/h10-12,19-20,22-25H,9,13-14,16-18H2,1-8H3/t22-,23-,24+,25?/m0/s1. The van der Waals surface area contributed by atoms with Gasteiger partial charge >= 0.3 is 12.3 Å². The molecule has 4 atom stereocenters. The van der Waals surface area contributed by atoms with E-state index in [0.717, 1.165) is 19.0 Å². The number of alkyl halides is 3. The highest BCUT2D eigenvalue weighted by molar-refractivity contribution is 6.31. The maximum atomic E-state index is 15.0. The number of carbonyl (C=O) groups is 1. The van der Waals surface area contributed by atoms with E-state index in [-0.39, 0.29) is 57.5 Å². The number of hydrogen-bond donors (Lipinski definition) is 0. The molecule has 0 N–H and O–H groups in total. The van der Waals surface area contributed by atoms with Crippen LogP contribution in [0.1, 0.15) is 84.5 Å². The summed E-state index contributed by atoms with van der Waals surface area (Å²) in [7, 11) is 1.97. The van der Waals surface area contributed by atoms with Crippen molar-refractivity contribution in [2.24, 2.45) is 0 Å². The van der Waals surface area contributed by atoms with E-state index >= 15 is 0 Å². The molecule has 1 saturated heterocycles. The van der Waals surface area contributed by atoms with Gasteiger partial charge in [-0.25, -0.2) is 14.8 Å². The number of piperidine rings is 1. The lowest BCUT2D eigenvalue weighted by Crippen LogP contribution is -2.48. The summed E-state index contributed by atoms with van der Waals surface area (Å²) < 4.78 is 59.3. The summed E-state index contributed by atoms with van der Waals surface area (Å²) in [5.74, 6) is 0.0106. The predicted molar refractivity (Wildman–Crippen MR) is 193 cm³/mol. The molecule has 11 nitrogen and oxygen atoms in total. The lowest BCUT2D eigenvalue weighted by molar-refractivity contribution is -0.142. The Bertz CT molecular complexity index is 2070. The van der Waals surface area contributed by atoms with E-state index in [1.165, 1.54) is 29.4 Å². The van der Waals surface area contributed by atoms with Gasteiger partial charge in [-0.1, -0.05) is 24.6 Å². The molecule has 0 saturated carbocycles. The number of likely N-dealkylation sites (tertiary alicyclic amines) is 1. The van der Waals surface area contributed by atoms with Crippen LogP contribution < -0.4 is 10.3 Å². The number of fused-ring (bicyclic) bond motifs is 3. The second kappa shape index (κ2) is 14.9. The normalized spacial score (nSPS) is 18.1. The molecule has 0 radical (unpaired) electrons. The Balaban J connectivity index is 1.75. The molecule has 1 unspecified atom stereocenters. The van der Waals surface area contributed by atoms with E-state index in [2.05, 4.69) is 27.9 Å². The summed E-state index contributed by atoms with van der Waals surface area (Å²) in [5.41, 5.74) is -2.49. The first kappa shape index (κ1) is 38.9. The fourth-order valence-electron chi connectivity index (χ4n) is 6.80. The topological polar surface area (TPSA) is 119 Å². The Morgan fingerprint density at radius 3 is 2.56 bits per heavy atom. The smallest absolute Gasteiger partial charge is 0.431 e. The zero-order chi connectivity index (χ0) is 38.3. The minimum atomic E-state index is -4.95. The SMILES string of the molecule is CCCN(C)[C@@H](C)[C@H](C)Oc1nc2c(=O)n(-c3cccc(Cl)c3C)c(C(F)(F)F)cc2c2c1ncn2C1CCN(C(=O)OC(C)(C)C)[C@H](CC#N)C1. The number of rotatable bonds is 9. The Morgan fingerprint density at radius 1 is 1.21 bits per heavy atom. The van der Waals surface area contributed by atoms with Gasteiger partial charge in [-0.3, -0.25) is 9.36 Å². The number of carbonyl (C=O) groups excluding carboxylic acids is 1. The minimum Gasteiger partial charge on any atom is -0.471 e. The van der Waals surface area contributed by atoms with Crippen LogP contribution in [0.15, 0.2) is 35.4 Å². The van der Waals surface area contributed by atoms with E-state index in [9.17, 15) is 28.0 Å². The van der Waals surface area contributed by atoms with Gasteiger partial charge < -0.3 is 23.8 Å². The maximum Gasteiger partial charge on any atom is 0.431 e. The van der Waals surface area contributed by atoms with Gasteiger partial charge in [0.25, 0.3) is 5.56 Å². The summed E-state index contributed by atoms with van der Waals surface area (Å²) >= 11 is 6.33. The largest absolute Gasteiger partial charge is 0.471 e. The first-order valence-electron chi connectivity index (χ1n) is 17.4. The summed E-state index contributed by atoms with van der Waals surface area (Å²) in [6.45, 7) is 13.8. The number of ether oxygens (including phenoxy) is 2. The summed E-state index contributed by atoms with van der Waals surface area (Å²) in [4.78, 5) is 40.4. The summed E-state index contributed by atoms with van der Waals surface area (Å²) in [5, 5.41) is 9.83. The van der Waals surface area contributed by atoms with Crippen molar-refractivity contribution in [2.75, 3.05) is 20.1 Å². The average molecular weight is 744 g/mol. The van der Waals surface area contributed by atoms with Gasteiger partial charge in [0.2, 0.25) is 5.88 Å². The van der Waals surface area contributed by atoms with E-state index in [4.69, 9.17) is 21.1 Å². The van der Waals surface area contributed by atoms with Gasteiger partial charge in [0.05, 0.1) is 30.0 Å². The Morgan fingerprint density at radius 2 is 1.92 bits per heavy atom. The van der Waals surface area contributed by atoms with Crippen LogP contribution >= 0.6 is 11.6 Å². The van der Waals surface area contributed by atoms with Crippen LogP contribution in [0.5, 0.6) is 5.88 Å². The monoisotopic (exact) mass is 743 g/mol. The molecular weight excluding hydrogens is 699 g/mol. The first-order valence-corrected chi connectivity index (χ1v) is 17.8. The van der Waals surface area contributed by atoms with Crippen molar-refractivity contribution in [3.63, 3.8) is 0 Å². The molecule has 1 aliphatic rings. The zero-order valence-corrected chi connectivity index (χ0v) is 31.5.